The Morgan fingerprint density at radius 1 is 1.31 bits per heavy atom. The van der Waals surface area contributed by atoms with Gasteiger partial charge in [-0.05, 0) is 25.3 Å². The van der Waals surface area contributed by atoms with Crippen molar-refractivity contribution >= 4 is 9.84 Å². The zero-order valence-corrected chi connectivity index (χ0v) is 11.4. The Morgan fingerprint density at radius 3 is 2.44 bits per heavy atom. The highest BCUT2D eigenvalue weighted by molar-refractivity contribution is 7.90. The van der Waals surface area contributed by atoms with E-state index in [1.165, 1.54) is 31.9 Å². The molecule has 1 fully saturated rings. The SMILES string of the molecule is CCCNC(CC1CCCC1)CS(C)(=O)=O. The van der Waals surface area contributed by atoms with E-state index in [1.807, 2.05) is 0 Å². The summed E-state index contributed by atoms with van der Waals surface area (Å²) in [6, 6.07) is 0.165. The first-order chi connectivity index (χ1) is 7.51. The molecule has 0 heterocycles. The van der Waals surface area contributed by atoms with Crippen molar-refractivity contribution in [2.24, 2.45) is 5.92 Å². The fourth-order valence-electron chi connectivity index (χ4n) is 2.57. The first-order valence-electron chi connectivity index (χ1n) is 6.42. The minimum Gasteiger partial charge on any atom is -0.313 e. The summed E-state index contributed by atoms with van der Waals surface area (Å²) < 4.78 is 22.7. The number of sulfone groups is 1. The third kappa shape index (κ3) is 5.85. The van der Waals surface area contributed by atoms with Crippen LogP contribution in [0.2, 0.25) is 0 Å². The van der Waals surface area contributed by atoms with Crippen LogP contribution in [-0.2, 0) is 9.84 Å². The number of rotatable bonds is 7. The maximum absolute atomic E-state index is 11.3. The number of hydrogen-bond donors (Lipinski definition) is 1. The molecule has 0 aromatic carbocycles. The number of nitrogens with one attached hydrogen (secondary N) is 1. The van der Waals surface area contributed by atoms with E-state index in [4.69, 9.17) is 0 Å². The second-order valence-corrected chi connectivity index (χ2v) is 7.31. The Bertz CT molecular complexity index is 281. The van der Waals surface area contributed by atoms with Crippen molar-refractivity contribution in [1.82, 2.24) is 5.32 Å². The van der Waals surface area contributed by atoms with Gasteiger partial charge >= 0.3 is 0 Å². The smallest absolute Gasteiger partial charge is 0.148 e. The normalized spacial score (nSPS) is 20.1. The molecule has 0 aromatic rings. The van der Waals surface area contributed by atoms with Crippen LogP contribution in [0.25, 0.3) is 0 Å². The molecule has 1 aliphatic rings. The van der Waals surface area contributed by atoms with Gasteiger partial charge in [-0.2, -0.15) is 0 Å². The van der Waals surface area contributed by atoms with Crippen LogP contribution in [-0.4, -0.2) is 33.0 Å². The summed E-state index contributed by atoms with van der Waals surface area (Å²) in [5, 5.41) is 3.37. The molecule has 0 saturated heterocycles. The molecular weight excluding hydrogens is 222 g/mol. The first-order valence-corrected chi connectivity index (χ1v) is 8.48. The van der Waals surface area contributed by atoms with E-state index in [0.717, 1.165) is 25.3 Å². The highest BCUT2D eigenvalue weighted by Gasteiger charge is 2.22. The molecule has 1 unspecified atom stereocenters. The van der Waals surface area contributed by atoms with E-state index >= 15 is 0 Å². The summed E-state index contributed by atoms with van der Waals surface area (Å²) in [5.41, 5.74) is 0. The molecule has 1 rings (SSSR count). The van der Waals surface area contributed by atoms with Crippen LogP contribution in [0.1, 0.15) is 45.4 Å². The average Bonchev–Trinajstić information content (AvgIpc) is 2.64. The summed E-state index contributed by atoms with van der Waals surface area (Å²) in [4.78, 5) is 0. The second-order valence-electron chi connectivity index (χ2n) is 5.13. The minimum absolute atomic E-state index is 0.165. The van der Waals surface area contributed by atoms with E-state index in [-0.39, 0.29) is 6.04 Å². The van der Waals surface area contributed by atoms with Gasteiger partial charge in [0.05, 0.1) is 5.75 Å². The van der Waals surface area contributed by atoms with Gasteiger partial charge in [0.25, 0.3) is 0 Å². The standard InChI is InChI=1S/C12H25NO2S/c1-3-8-13-12(10-16(2,14)15)9-11-6-4-5-7-11/h11-13H,3-10H2,1-2H3. The molecule has 0 amide bonds. The molecule has 0 bridgehead atoms. The molecule has 0 spiro atoms. The van der Waals surface area contributed by atoms with Crippen LogP contribution in [0.3, 0.4) is 0 Å². The molecule has 96 valence electrons. The van der Waals surface area contributed by atoms with Crippen molar-refractivity contribution in [3.05, 3.63) is 0 Å². The van der Waals surface area contributed by atoms with Crippen LogP contribution in [0.4, 0.5) is 0 Å². The van der Waals surface area contributed by atoms with Crippen LogP contribution in [0.15, 0.2) is 0 Å². The Balaban J connectivity index is 2.42. The van der Waals surface area contributed by atoms with Crippen molar-refractivity contribution in [3.63, 3.8) is 0 Å². The van der Waals surface area contributed by atoms with Gasteiger partial charge in [-0.25, -0.2) is 8.42 Å². The van der Waals surface area contributed by atoms with Crippen LogP contribution in [0, 0.1) is 5.92 Å². The van der Waals surface area contributed by atoms with Gasteiger partial charge in [0.1, 0.15) is 9.84 Å². The quantitative estimate of drug-likeness (QED) is 0.748. The zero-order chi connectivity index (χ0) is 12.0. The van der Waals surface area contributed by atoms with E-state index in [2.05, 4.69) is 12.2 Å². The van der Waals surface area contributed by atoms with Crippen LogP contribution in [0.5, 0.6) is 0 Å². The van der Waals surface area contributed by atoms with Gasteiger partial charge in [0.15, 0.2) is 0 Å². The predicted octanol–water partition coefficient (Wildman–Crippen LogP) is 1.98. The van der Waals surface area contributed by atoms with Crippen molar-refractivity contribution in [3.8, 4) is 0 Å². The lowest BCUT2D eigenvalue weighted by atomic mass is 9.99. The molecule has 1 N–H and O–H groups in total. The van der Waals surface area contributed by atoms with Crippen molar-refractivity contribution in [2.45, 2.75) is 51.5 Å². The molecule has 0 aliphatic heterocycles. The average molecular weight is 247 g/mol. The summed E-state index contributed by atoms with van der Waals surface area (Å²) in [6.45, 7) is 3.03. The maximum Gasteiger partial charge on any atom is 0.148 e. The van der Waals surface area contributed by atoms with Crippen molar-refractivity contribution in [2.75, 3.05) is 18.6 Å². The van der Waals surface area contributed by atoms with Crippen LogP contribution < -0.4 is 5.32 Å². The van der Waals surface area contributed by atoms with Gasteiger partial charge in [0, 0.05) is 12.3 Å². The fraction of sp³-hybridized carbons (Fsp3) is 1.00. The lowest BCUT2D eigenvalue weighted by molar-refractivity contribution is 0.406. The van der Waals surface area contributed by atoms with E-state index in [0.29, 0.717) is 5.75 Å². The summed E-state index contributed by atoms with van der Waals surface area (Å²) >= 11 is 0. The zero-order valence-electron chi connectivity index (χ0n) is 10.5. The highest BCUT2D eigenvalue weighted by atomic mass is 32.2. The highest BCUT2D eigenvalue weighted by Crippen LogP contribution is 2.28. The van der Waals surface area contributed by atoms with Gasteiger partial charge in [-0.1, -0.05) is 32.6 Å². The molecular formula is C12H25NO2S. The summed E-state index contributed by atoms with van der Waals surface area (Å²) in [7, 11) is -2.86. The molecule has 1 saturated carbocycles. The third-order valence-electron chi connectivity index (χ3n) is 3.28. The molecule has 0 radical (unpaired) electrons. The van der Waals surface area contributed by atoms with E-state index in [9.17, 15) is 8.42 Å². The second kappa shape index (κ2) is 6.60. The lowest BCUT2D eigenvalue weighted by Gasteiger charge is -2.21. The third-order valence-corrected chi connectivity index (χ3v) is 4.29. The Morgan fingerprint density at radius 2 is 1.94 bits per heavy atom. The minimum atomic E-state index is -2.86. The monoisotopic (exact) mass is 247 g/mol. The van der Waals surface area contributed by atoms with Crippen molar-refractivity contribution < 1.29 is 8.42 Å². The van der Waals surface area contributed by atoms with Gasteiger partial charge < -0.3 is 5.32 Å². The van der Waals surface area contributed by atoms with Crippen molar-refractivity contribution in [1.29, 1.82) is 0 Å². The number of hydrogen-bond acceptors (Lipinski definition) is 3. The molecule has 1 aliphatic carbocycles. The predicted molar refractivity (Wildman–Crippen MR) is 68.4 cm³/mol. The van der Waals surface area contributed by atoms with Gasteiger partial charge in [-0.15, -0.1) is 0 Å². The Hall–Kier alpha value is -0.0900. The summed E-state index contributed by atoms with van der Waals surface area (Å²) in [5.74, 6) is 1.04. The Labute approximate surface area is 99.9 Å². The van der Waals surface area contributed by atoms with Gasteiger partial charge in [0.2, 0.25) is 0 Å². The largest absolute Gasteiger partial charge is 0.313 e. The molecule has 4 heteroatoms. The van der Waals surface area contributed by atoms with E-state index < -0.39 is 9.84 Å². The topological polar surface area (TPSA) is 46.2 Å². The fourth-order valence-corrected chi connectivity index (χ4v) is 3.56. The molecule has 3 nitrogen and oxygen atoms in total. The van der Waals surface area contributed by atoms with Gasteiger partial charge in [-0.3, -0.25) is 0 Å². The maximum atomic E-state index is 11.3. The summed E-state index contributed by atoms with van der Waals surface area (Å²) in [6.07, 6.45) is 8.65. The molecule has 1 atom stereocenters. The Kier molecular flexibility index (Phi) is 5.76. The van der Waals surface area contributed by atoms with E-state index in [1.54, 1.807) is 0 Å². The van der Waals surface area contributed by atoms with Crippen LogP contribution >= 0.6 is 0 Å². The lowest BCUT2D eigenvalue weighted by Crippen LogP contribution is -2.37. The first kappa shape index (κ1) is 14.0. The molecule has 0 aromatic heterocycles. The molecule has 16 heavy (non-hydrogen) atoms.